The molecule has 5 heteroatoms. The summed E-state index contributed by atoms with van der Waals surface area (Å²) >= 11 is 0. The maximum absolute atomic E-state index is 5.75. The van der Waals surface area contributed by atoms with E-state index in [0.717, 1.165) is 41.9 Å². The van der Waals surface area contributed by atoms with Gasteiger partial charge in [-0.1, -0.05) is 24.3 Å². The lowest BCUT2D eigenvalue weighted by Gasteiger charge is -2.18. The first kappa shape index (κ1) is 17.2. The average molecular weight is 372 g/mol. The number of nitrogens with zero attached hydrogens (tertiary/aromatic N) is 4. The molecule has 1 atom stereocenters. The molecule has 5 rings (SSSR count). The van der Waals surface area contributed by atoms with Crippen LogP contribution in [0.25, 0.3) is 22.5 Å². The third-order valence-corrected chi connectivity index (χ3v) is 5.69. The van der Waals surface area contributed by atoms with Gasteiger partial charge in [0.15, 0.2) is 0 Å². The molecule has 1 aliphatic rings. The number of aromatic nitrogens is 3. The molecule has 0 spiro atoms. The van der Waals surface area contributed by atoms with Gasteiger partial charge < -0.3 is 8.98 Å². The standard InChI is InChI=1S/C23H24N4O/c1-17-5-4-12-26(17)14-20-15-28-23(25-20)19-10-8-18(9-11-19)13-27-16-24-21-6-2-3-7-22(21)27/h2-3,6-11,15-17H,4-5,12-14H2,1H3. The Bertz CT molecular complexity index is 1080. The first-order valence-corrected chi connectivity index (χ1v) is 9.94. The highest BCUT2D eigenvalue weighted by molar-refractivity contribution is 5.75. The summed E-state index contributed by atoms with van der Waals surface area (Å²) in [6, 6.07) is 17.3. The molecular formula is C23H24N4O. The molecule has 1 saturated heterocycles. The van der Waals surface area contributed by atoms with Gasteiger partial charge in [0, 0.05) is 24.7 Å². The highest BCUT2D eigenvalue weighted by Gasteiger charge is 2.21. The van der Waals surface area contributed by atoms with Crippen LogP contribution in [0.2, 0.25) is 0 Å². The first-order valence-electron chi connectivity index (χ1n) is 9.94. The van der Waals surface area contributed by atoms with Gasteiger partial charge in [-0.25, -0.2) is 9.97 Å². The van der Waals surface area contributed by atoms with Crippen LogP contribution in [0, 0.1) is 0 Å². The number of likely N-dealkylation sites (tertiary alicyclic amines) is 1. The molecule has 0 bridgehead atoms. The van der Waals surface area contributed by atoms with Gasteiger partial charge in [0.1, 0.15) is 6.26 Å². The molecule has 4 aromatic rings. The maximum Gasteiger partial charge on any atom is 0.226 e. The van der Waals surface area contributed by atoms with Crippen molar-refractivity contribution in [3.05, 3.63) is 72.4 Å². The SMILES string of the molecule is CC1CCCN1Cc1coc(-c2ccc(Cn3cnc4ccccc43)cc2)n1. The topological polar surface area (TPSA) is 47.1 Å². The van der Waals surface area contributed by atoms with Gasteiger partial charge in [-0.2, -0.15) is 0 Å². The Morgan fingerprint density at radius 3 is 2.75 bits per heavy atom. The number of hydrogen-bond donors (Lipinski definition) is 0. The number of imidazole rings is 1. The minimum atomic E-state index is 0.638. The normalized spacial score (nSPS) is 17.5. The monoisotopic (exact) mass is 372 g/mol. The molecule has 1 unspecified atom stereocenters. The van der Waals surface area contributed by atoms with Crippen molar-refractivity contribution in [2.75, 3.05) is 6.54 Å². The van der Waals surface area contributed by atoms with Crippen LogP contribution >= 0.6 is 0 Å². The lowest BCUT2D eigenvalue weighted by molar-refractivity contribution is 0.257. The van der Waals surface area contributed by atoms with Crippen molar-refractivity contribution >= 4 is 11.0 Å². The average Bonchev–Trinajstić information content (AvgIpc) is 3.45. The molecular weight excluding hydrogens is 348 g/mol. The van der Waals surface area contributed by atoms with Crippen molar-refractivity contribution in [3.63, 3.8) is 0 Å². The fraction of sp³-hybridized carbons (Fsp3) is 0.304. The van der Waals surface area contributed by atoms with E-state index in [0.29, 0.717) is 11.9 Å². The second-order valence-corrected chi connectivity index (χ2v) is 7.66. The summed E-state index contributed by atoms with van der Waals surface area (Å²) < 4.78 is 7.92. The van der Waals surface area contributed by atoms with E-state index in [1.165, 1.54) is 18.4 Å². The Labute approximate surface area is 164 Å². The van der Waals surface area contributed by atoms with E-state index >= 15 is 0 Å². The molecule has 0 aliphatic carbocycles. The molecule has 2 aromatic carbocycles. The van der Waals surface area contributed by atoms with Crippen molar-refractivity contribution < 1.29 is 4.42 Å². The van der Waals surface area contributed by atoms with Crippen LogP contribution in [0.15, 0.2) is 65.5 Å². The van der Waals surface area contributed by atoms with Crippen LogP contribution in [0.3, 0.4) is 0 Å². The number of benzene rings is 2. The summed E-state index contributed by atoms with van der Waals surface area (Å²) in [7, 11) is 0. The van der Waals surface area contributed by atoms with E-state index < -0.39 is 0 Å². The third-order valence-electron chi connectivity index (χ3n) is 5.69. The summed E-state index contributed by atoms with van der Waals surface area (Å²) in [6.07, 6.45) is 6.25. The molecule has 142 valence electrons. The highest BCUT2D eigenvalue weighted by atomic mass is 16.3. The fourth-order valence-corrected chi connectivity index (χ4v) is 4.03. The minimum absolute atomic E-state index is 0.638. The zero-order valence-corrected chi connectivity index (χ0v) is 16.1. The summed E-state index contributed by atoms with van der Waals surface area (Å²) in [4.78, 5) is 11.6. The number of para-hydroxylation sites is 2. The zero-order valence-electron chi connectivity index (χ0n) is 16.1. The smallest absolute Gasteiger partial charge is 0.226 e. The predicted octanol–water partition coefficient (Wildman–Crippen LogP) is 4.72. The van der Waals surface area contributed by atoms with Crippen LogP contribution in [0.4, 0.5) is 0 Å². The fourth-order valence-electron chi connectivity index (χ4n) is 4.03. The van der Waals surface area contributed by atoms with Gasteiger partial charge in [-0.15, -0.1) is 0 Å². The van der Waals surface area contributed by atoms with Crippen molar-refractivity contribution in [2.24, 2.45) is 0 Å². The summed E-state index contributed by atoms with van der Waals surface area (Å²) in [5.41, 5.74) is 5.43. The predicted molar refractivity (Wildman–Crippen MR) is 110 cm³/mol. The van der Waals surface area contributed by atoms with Crippen molar-refractivity contribution in [1.82, 2.24) is 19.4 Å². The molecule has 0 saturated carbocycles. The Balaban J connectivity index is 1.30. The molecule has 0 N–H and O–H groups in total. The second-order valence-electron chi connectivity index (χ2n) is 7.66. The summed E-state index contributed by atoms with van der Waals surface area (Å²) in [6.45, 7) is 5.11. The second kappa shape index (κ2) is 7.24. The van der Waals surface area contributed by atoms with Gasteiger partial charge in [-0.05, 0) is 56.1 Å². The Morgan fingerprint density at radius 2 is 1.93 bits per heavy atom. The van der Waals surface area contributed by atoms with Crippen molar-refractivity contribution in [3.8, 4) is 11.5 Å². The largest absolute Gasteiger partial charge is 0.444 e. The number of oxazole rings is 1. The van der Waals surface area contributed by atoms with Crippen molar-refractivity contribution in [1.29, 1.82) is 0 Å². The maximum atomic E-state index is 5.75. The molecule has 2 aromatic heterocycles. The Morgan fingerprint density at radius 1 is 1.07 bits per heavy atom. The molecule has 0 amide bonds. The number of rotatable bonds is 5. The van der Waals surface area contributed by atoms with Gasteiger partial charge in [-0.3, -0.25) is 4.90 Å². The molecule has 1 aliphatic heterocycles. The zero-order chi connectivity index (χ0) is 18.9. The molecule has 5 nitrogen and oxygen atoms in total. The van der Waals surface area contributed by atoms with Crippen LogP contribution in [0.5, 0.6) is 0 Å². The van der Waals surface area contributed by atoms with E-state index in [1.807, 2.05) is 24.5 Å². The molecule has 0 radical (unpaired) electrons. The van der Waals surface area contributed by atoms with E-state index in [-0.39, 0.29) is 0 Å². The Hall–Kier alpha value is -2.92. The quantitative estimate of drug-likeness (QED) is 0.508. The molecule has 28 heavy (non-hydrogen) atoms. The van der Waals surface area contributed by atoms with Gasteiger partial charge >= 0.3 is 0 Å². The Kier molecular flexibility index (Phi) is 4.45. The minimum Gasteiger partial charge on any atom is -0.444 e. The van der Waals surface area contributed by atoms with Gasteiger partial charge in [0.25, 0.3) is 0 Å². The van der Waals surface area contributed by atoms with Crippen LogP contribution in [-0.2, 0) is 13.1 Å². The van der Waals surface area contributed by atoms with Gasteiger partial charge in [0.05, 0.1) is 23.1 Å². The van der Waals surface area contributed by atoms with Crippen molar-refractivity contribution in [2.45, 2.75) is 38.9 Å². The summed E-state index contributed by atoms with van der Waals surface area (Å²) in [5, 5.41) is 0. The van der Waals surface area contributed by atoms with E-state index in [4.69, 9.17) is 9.40 Å². The first-order chi connectivity index (χ1) is 13.8. The lowest BCUT2D eigenvalue weighted by atomic mass is 10.1. The molecule has 1 fully saturated rings. The highest BCUT2D eigenvalue weighted by Crippen LogP contribution is 2.23. The van der Waals surface area contributed by atoms with Crippen LogP contribution in [-0.4, -0.2) is 32.0 Å². The van der Waals surface area contributed by atoms with Gasteiger partial charge in [0.2, 0.25) is 5.89 Å². The van der Waals surface area contributed by atoms with E-state index in [1.54, 1.807) is 6.26 Å². The van der Waals surface area contributed by atoms with Crippen LogP contribution in [0.1, 0.15) is 31.0 Å². The van der Waals surface area contributed by atoms with E-state index in [9.17, 15) is 0 Å². The number of fused-ring (bicyclic) bond motifs is 1. The molecule has 3 heterocycles. The summed E-state index contributed by atoms with van der Waals surface area (Å²) in [5.74, 6) is 0.696. The van der Waals surface area contributed by atoms with E-state index in [2.05, 4.69) is 51.7 Å². The third kappa shape index (κ3) is 3.34. The number of hydrogen-bond acceptors (Lipinski definition) is 4. The lowest BCUT2D eigenvalue weighted by Crippen LogP contribution is -2.26. The van der Waals surface area contributed by atoms with Crippen LogP contribution < -0.4 is 0 Å².